The highest BCUT2D eigenvalue weighted by Crippen LogP contribution is 2.21. The zero-order chi connectivity index (χ0) is 15.3. The van der Waals surface area contributed by atoms with Crippen molar-refractivity contribution in [2.45, 2.75) is 53.5 Å². The first kappa shape index (κ1) is 16.8. The quantitative estimate of drug-likeness (QED) is 0.745. The Hall–Kier alpha value is -1.26. The SMILES string of the molecule is CC(C)COC(=O)C1CCCN1C(=O)OCC(C)(C)C. The van der Waals surface area contributed by atoms with Gasteiger partial charge in [-0.1, -0.05) is 34.6 Å². The summed E-state index contributed by atoms with van der Waals surface area (Å²) in [6, 6.07) is -0.485. The Balaban J connectivity index is 2.51. The lowest BCUT2D eigenvalue weighted by atomic mass is 9.99. The van der Waals surface area contributed by atoms with Gasteiger partial charge in [0.15, 0.2) is 0 Å². The normalized spacial score (nSPS) is 19.3. The number of hydrogen-bond donors (Lipinski definition) is 0. The highest BCUT2D eigenvalue weighted by atomic mass is 16.6. The molecule has 0 radical (unpaired) electrons. The third kappa shape index (κ3) is 5.39. The number of esters is 1. The Morgan fingerprint density at radius 2 is 1.90 bits per heavy atom. The molecule has 20 heavy (non-hydrogen) atoms. The number of carbonyl (C=O) groups is 2. The summed E-state index contributed by atoms with van der Waals surface area (Å²) >= 11 is 0. The molecule has 0 spiro atoms. The molecule has 0 bridgehead atoms. The fourth-order valence-corrected chi connectivity index (χ4v) is 1.94. The van der Waals surface area contributed by atoms with E-state index >= 15 is 0 Å². The van der Waals surface area contributed by atoms with Gasteiger partial charge in [-0.3, -0.25) is 4.90 Å². The van der Waals surface area contributed by atoms with Crippen LogP contribution in [0.15, 0.2) is 0 Å². The molecule has 0 N–H and O–H groups in total. The van der Waals surface area contributed by atoms with E-state index in [1.165, 1.54) is 4.90 Å². The van der Waals surface area contributed by atoms with Gasteiger partial charge in [-0.15, -0.1) is 0 Å². The second-order valence-corrected chi connectivity index (χ2v) is 6.99. The Morgan fingerprint density at radius 1 is 1.25 bits per heavy atom. The van der Waals surface area contributed by atoms with Crippen molar-refractivity contribution in [1.29, 1.82) is 0 Å². The van der Waals surface area contributed by atoms with E-state index in [0.717, 1.165) is 6.42 Å². The van der Waals surface area contributed by atoms with Crippen LogP contribution in [0.25, 0.3) is 0 Å². The average Bonchev–Trinajstić information content (AvgIpc) is 2.81. The molecule has 5 nitrogen and oxygen atoms in total. The van der Waals surface area contributed by atoms with E-state index in [1.54, 1.807) is 0 Å². The van der Waals surface area contributed by atoms with Crippen molar-refractivity contribution >= 4 is 12.1 Å². The maximum atomic E-state index is 12.0. The van der Waals surface area contributed by atoms with Crippen LogP contribution in [0.3, 0.4) is 0 Å². The van der Waals surface area contributed by atoms with Gasteiger partial charge in [-0.25, -0.2) is 9.59 Å². The second kappa shape index (κ2) is 6.95. The van der Waals surface area contributed by atoms with E-state index in [2.05, 4.69) is 0 Å². The molecule has 0 aromatic rings. The summed E-state index contributed by atoms with van der Waals surface area (Å²) in [5.74, 6) is -0.0226. The van der Waals surface area contributed by atoms with Crippen LogP contribution in [0, 0.1) is 11.3 Å². The molecular weight excluding hydrogens is 258 g/mol. The smallest absolute Gasteiger partial charge is 0.410 e. The molecule has 0 aliphatic carbocycles. The fraction of sp³-hybridized carbons (Fsp3) is 0.867. The number of hydrogen-bond acceptors (Lipinski definition) is 4. The maximum Gasteiger partial charge on any atom is 0.410 e. The largest absolute Gasteiger partial charge is 0.464 e. The molecule has 0 saturated carbocycles. The summed E-state index contributed by atoms with van der Waals surface area (Å²) in [5, 5.41) is 0. The summed E-state index contributed by atoms with van der Waals surface area (Å²) in [4.78, 5) is 25.5. The van der Waals surface area contributed by atoms with E-state index in [-0.39, 0.29) is 11.4 Å². The Bertz CT molecular complexity index is 346. The van der Waals surface area contributed by atoms with Gasteiger partial charge in [-0.05, 0) is 24.2 Å². The summed E-state index contributed by atoms with van der Waals surface area (Å²) in [7, 11) is 0. The third-order valence-electron chi connectivity index (χ3n) is 2.95. The zero-order valence-electron chi connectivity index (χ0n) is 13.3. The number of carbonyl (C=O) groups excluding carboxylic acids is 2. The maximum absolute atomic E-state index is 12.0. The third-order valence-corrected chi connectivity index (χ3v) is 2.95. The molecule has 1 atom stereocenters. The topological polar surface area (TPSA) is 55.8 Å². The van der Waals surface area contributed by atoms with Crippen LogP contribution in [0.4, 0.5) is 4.79 Å². The van der Waals surface area contributed by atoms with Gasteiger partial charge in [0.25, 0.3) is 0 Å². The summed E-state index contributed by atoms with van der Waals surface area (Å²) < 4.78 is 10.5. The highest BCUT2D eigenvalue weighted by molar-refractivity contribution is 5.82. The standard InChI is InChI=1S/C15H27NO4/c1-11(2)9-19-13(17)12-7-6-8-16(12)14(18)20-10-15(3,4)5/h11-12H,6-10H2,1-5H3. The number of amides is 1. The monoisotopic (exact) mass is 285 g/mol. The average molecular weight is 285 g/mol. The van der Waals surface area contributed by atoms with Crippen molar-refractivity contribution in [3.8, 4) is 0 Å². The molecule has 5 heteroatoms. The minimum atomic E-state index is -0.485. The fourth-order valence-electron chi connectivity index (χ4n) is 1.94. The molecule has 1 saturated heterocycles. The number of rotatable bonds is 4. The first-order valence-corrected chi connectivity index (χ1v) is 7.31. The zero-order valence-corrected chi connectivity index (χ0v) is 13.3. The molecule has 1 amide bonds. The predicted octanol–water partition coefficient (Wildman–Crippen LogP) is 2.83. The molecular formula is C15H27NO4. The predicted molar refractivity (Wildman–Crippen MR) is 76.3 cm³/mol. The van der Waals surface area contributed by atoms with Crippen LogP contribution < -0.4 is 0 Å². The van der Waals surface area contributed by atoms with Gasteiger partial charge >= 0.3 is 12.1 Å². The van der Waals surface area contributed by atoms with Crippen molar-refractivity contribution < 1.29 is 19.1 Å². The first-order chi connectivity index (χ1) is 9.20. The summed E-state index contributed by atoms with van der Waals surface area (Å²) in [5.41, 5.74) is -0.0803. The van der Waals surface area contributed by atoms with Crippen molar-refractivity contribution in [3.63, 3.8) is 0 Å². The van der Waals surface area contributed by atoms with Crippen LogP contribution in [-0.4, -0.2) is 42.8 Å². The molecule has 1 heterocycles. The molecule has 1 unspecified atom stereocenters. The van der Waals surface area contributed by atoms with Crippen molar-refractivity contribution in [2.75, 3.05) is 19.8 Å². The molecule has 1 fully saturated rings. The van der Waals surface area contributed by atoms with E-state index < -0.39 is 12.1 Å². The van der Waals surface area contributed by atoms with Crippen LogP contribution in [0.5, 0.6) is 0 Å². The van der Waals surface area contributed by atoms with E-state index in [0.29, 0.717) is 32.1 Å². The minimum absolute atomic E-state index is 0.0803. The lowest BCUT2D eigenvalue weighted by Crippen LogP contribution is -2.42. The summed E-state index contributed by atoms with van der Waals surface area (Å²) in [6.07, 6.45) is 1.05. The molecule has 1 aliphatic heterocycles. The van der Waals surface area contributed by atoms with Gasteiger partial charge in [0.2, 0.25) is 0 Å². The summed E-state index contributed by atoms with van der Waals surface area (Å²) in [6.45, 7) is 11.3. The van der Waals surface area contributed by atoms with Crippen LogP contribution >= 0.6 is 0 Å². The molecule has 0 aromatic heterocycles. The number of ether oxygens (including phenoxy) is 2. The first-order valence-electron chi connectivity index (χ1n) is 7.31. The van der Waals surface area contributed by atoms with Crippen LogP contribution in [0.2, 0.25) is 0 Å². The minimum Gasteiger partial charge on any atom is -0.464 e. The molecule has 1 rings (SSSR count). The Kier molecular flexibility index (Phi) is 5.84. The Morgan fingerprint density at radius 3 is 2.45 bits per heavy atom. The highest BCUT2D eigenvalue weighted by Gasteiger charge is 2.36. The molecule has 0 aromatic carbocycles. The number of nitrogens with zero attached hydrogens (tertiary/aromatic N) is 1. The van der Waals surface area contributed by atoms with Gasteiger partial charge in [0.1, 0.15) is 6.04 Å². The van der Waals surface area contributed by atoms with Crippen molar-refractivity contribution in [1.82, 2.24) is 4.90 Å². The van der Waals surface area contributed by atoms with E-state index in [4.69, 9.17) is 9.47 Å². The Labute approximate surface area is 121 Å². The van der Waals surface area contributed by atoms with Gasteiger partial charge in [0.05, 0.1) is 13.2 Å². The van der Waals surface area contributed by atoms with Gasteiger partial charge in [-0.2, -0.15) is 0 Å². The van der Waals surface area contributed by atoms with Crippen molar-refractivity contribution in [3.05, 3.63) is 0 Å². The van der Waals surface area contributed by atoms with Gasteiger partial charge < -0.3 is 9.47 Å². The number of likely N-dealkylation sites (tertiary alicyclic amines) is 1. The van der Waals surface area contributed by atoms with Crippen LogP contribution in [-0.2, 0) is 14.3 Å². The second-order valence-electron chi connectivity index (χ2n) is 6.99. The molecule has 116 valence electrons. The van der Waals surface area contributed by atoms with Gasteiger partial charge in [0, 0.05) is 6.54 Å². The lowest BCUT2D eigenvalue weighted by Gasteiger charge is -2.25. The van der Waals surface area contributed by atoms with Crippen molar-refractivity contribution in [2.24, 2.45) is 11.3 Å². The van der Waals surface area contributed by atoms with Crippen LogP contribution in [0.1, 0.15) is 47.5 Å². The van der Waals surface area contributed by atoms with E-state index in [9.17, 15) is 9.59 Å². The molecule has 1 aliphatic rings. The lowest BCUT2D eigenvalue weighted by molar-refractivity contribution is -0.149. The van der Waals surface area contributed by atoms with E-state index in [1.807, 2.05) is 34.6 Å².